The molecule has 0 rings (SSSR count). The average molecular weight is 290 g/mol. The first-order valence-corrected chi connectivity index (χ1v) is 21.7. The zero-order chi connectivity index (χ0) is 4.12. The molecule has 0 radical (unpaired) electrons. The average Bonchev–Trinajstić information content (AvgIpc) is 1.41. The summed E-state index contributed by atoms with van der Waals surface area (Å²) >= 11 is 2.34. The van der Waals surface area contributed by atoms with Crippen molar-refractivity contribution in [2.45, 2.75) is 0 Å². The van der Waals surface area contributed by atoms with Crippen LogP contribution >= 0.6 is 16.8 Å². The Bertz CT molecular complexity index is 12.4. The Hall–Kier alpha value is 2.33. The summed E-state index contributed by atoms with van der Waals surface area (Å²) in [7, 11) is 4.57. The van der Waals surface area contributed by atoms with Gasteiger partial charge in [0.25, 0.3) is 0 Å². The molecule has 0 N–H and O–H groups in total. The van der Waals surface area contributed by atoms with Gasteiger partial charge in [0.1, 0.15) is 0 Å². The Morgan fingerprint density at radius 2 is 1.60 bits per heavy atom. The molecular formula is H8Ge3S2. The maximum absolute atomic E-state index is 2.29. The number of hydrogen-bond donors (Lipinski definition) is 0. The predicted molar refractivity (Wildman–Crippen MR) is 43.6 cm³/mol. The van der Waals surface area contributed by atoms with Crippen LogP contribution in [0.2, 0.25) is 0 Å². The van der Waals surface area contributed by atoms with E-state index in [0.29, 0.717) is 0 Å². The molecule has 32 valence electrons. The van der Waals surface area contributed by atoms with Crippen molar-refractivity contribution < 1.29 is 0 Å². The molecule has 0 aromatic carbocycles. The standard InChI is InChI=1S/Ge3H8S2/c1-4-3-5-2/h3H2,1-2H3. The molecule has 0 aliphatic heterocycles. The topological polar surface area (TPSA) is 0 Å². The Labute approximate surface area is 60.0 Å². The van der Waals surface area contributed by atoms with Gasteiger partial charge in [0.05, 0.1) is 0 Å². The molecule has 0 saturated carbocycles. The molecule has 0 aliphatic carbocycles. The van der Waals surface area contributed by atoms with Crippen LogP contribution in [0.25, 0.3) is 0 Å². The summed E-state index contributed by atoms with van der Waals surface area (Å²) in [4.78, 5) is 0. The summed E-state index contributed by atoms with van der Waals surface area (Å²) in [6.45, 7) is 0. The summed E-state index contributed by atoms with van der Waals surface area (Å²) in [6, 6.07) is 0. The number of rotatable bonds is 2. The molecule has 0 aliphatic rings. The van der Waals surface area contributed by atoms with Crippen LogP contribution in [0.1, 0.15) is 0 Å². The van der Waals surface area contributed by atoms with E-state index >= 15 is 0 Å². The zero-order valence-corrected chi connectivity index (χ0v) is 16.5. The van der Waals surface area contributed by atoms with E-state index in [1.807, 2.05) is 0 Å². The quantitative estimate of drug-likeness (QED) is 0.540. The summed E-state index contributed by atoms with van der Waals surface area (Å²) in [6.07, 6.45) is 0. The van der Waals surface area contributed by atoms with E-state index in [-0.39, 0.29) is 13.1 Å². The van der Waals surface area contributed by atoms with Crippen LogP contribution in [-0.4, -0.2) is 43.9 Å². The molecule has 0 nitrogen and oxygen atoms in total. The van der Waals surface area contributed by atoms with Crippen molar-refractivity contribution in [3.05, 3.63) is 0 Å². The van der Waals surface area contributed by atoms with Crippen LogP contribution in [-0.2, 0) is 0 Å². The third-order valence-corrected chi connectivity index (χ3v) is 57.3. The van der Waals surface area contributed by atoms with Crippen LogP contribution in [0.3, 0.4) is 0 Å². The SMILES string of the molecule is [GeH3][S][GeH2][S][GeH3]. The van der Waals surface area contributed by atoms with Gasteiger partial charge in [0, 0.05) is 0 Å². The van der Waals surface area contributed by atoms with Gasteiger partial charge in [-0.2, -0.15) is 0 Å². The van der Waals surface area contributed by atoms with Gasteiger partial charge in [0.15, 0.2) is 0 Å². The van der Waals surface area contributed by atoms with Crippen molar-refractivity contribution in [1.82, 2.24) is 0 Å². The molecule has 0 fully saturated rings. The van der Waals surface area contributed by atoms with Gasteiger partial charge >= 0.3 is 60.7 Å². The fourth-order valence-corrected chi connectivity index (χ4v) is 149. The van der Waals surface area contributed by atoms with Crippen LogP contribution in [0.5, 0.6) is 0 Å². The Morgan fingerprint density at radius 1 is 1.20 bits per heavy atom. The van der Waals surface area contributed by atoms with Gasteiger partial charge in [-0.1, -0.05) is 0 Å². The Morgan fingerprint density at radius 3 is 1.60 bits per heavy atom. The molecular weight excluding hydrogens is 282 g/mol. The maximum atomic E-state index is 2.29. The monoisotopic (exact) mass is 294 g/mol. The van der Waals surface area contributed by atoms with Crippen LogP contribution in [0.4, 0.5) is 0 Å². The van der Waals surface area contributed by atoms with Crippen molar-refractivity contribution in [2.75, 3.05) is 0 Å². The molecule has 0 spiro atoms. The second-order valence-corrected chi connectivity index (χ2v) is 52.3. The second-order valence-electron chi connectivity index (χ2n) is 0.695. The predicted octanol–water partition coefficient (Wildman–Crippen LogP) is -1.99. The van der Waals surface area contributed by atoms with Gasteiger partial charge in [-0.25, -0.2) is 0 Å². The molecule has 0 aromatic heterocycles. The molecule has 0 bridgehead atoms. The fourth-order valence-electron chi connectivity index (χ4n) is 0.118. The van der Waals surface area contributed by atoms with Gasteiger partial charge in [-0.3, -0.25) is 0 Å². The van der Waals surface area contributed by atoms with Crippen molar-refractivity contribution >= 4 is 60.7 Å². The first-order chi connectivity index (χ1) is 2.41. The van der Waals surface area contributed by atoms with Crippen LogP contribution in [0.15, 0.2) is 0 Å². The molecule has 0 unspecified atom stereocenters. The Balaban J connectivity index is 2.19. The second kappa shape index (κ2) is 6.33. The van der Waals surface area contributed by atoms with E-state index in [1.54, 1.807) is 0 Å². The van der Waals surface area contributed by atoms with E-state index in [2.05, 4.69) is 16.8 Å². The third kappa shape index (κ3) is 6.33. The molecule has 5 heteroatoms. The zero-order valence-electron chi connectivity index (χ0n) is 3.52. The van der Waals surface area contributed by atoms with Crippen LogP contribution < -0.4 is 0 Å². The van der Waals surface area contributed by atoms with Gasteiger partial charge in [-0.05, 0) is 0 Å². The van der Waals surface area contributed by atoms with E-state index < -0.39 is 0 Å². The van der Waals surface area contributed by atoms with E-state index in [0.717, 1.165) is 30.7 Å². The molecule has 5 heavy (non-hydrogen) atoms. The minimum atomic E-state index is 0.0972. The number of hydrogen-bond acceptors (Lipinski definition) is 2. The summed E-state index contributed by atoms with van der Waals surface area (Å²) < 4.78 is 0. The van der Waals surface area contributed by atoms with Gasteiger partial charge < -0.3 is 0 Å². The van der Waals surface area contributed by atoms with Crippen molar-refractivity contribution in [2.24, 2.45) is 0 Å². The van der Waals surface area contributed by atoms with Crippen molar-refractivity contribution in [1.29, 1.82) is 0 Å². The van der Waals surface area contributed by atoms with E-state index in [9.17, 15) is 0 Å². The summed E-state index contributed by atoms with van der Waals surface area (Å²) in [5.74, 6) is 0. The van der Waals surface area contributed by atoms with Crippen molar-refractivity contribution in [3.8, 4) is 0 Å². The first kappa shape index (κ1) is 7.33. The minimum absolute atomic E-state index is 0.0972. The first-order valence-electron chi connectivity index (χ1n) is 1.39. The fraction of sp³-hybridized carbons (Fsp3) is 0. The van der Waals surface area contributed by atoms with Gasteiger partial charge in [-0.15, -0.1) is 0 Å². The summed E-state index contributed by atoms with van der Waals surface area (Å²) in [5, 5.41) is 0. The third-order valence-electron chi connectivity index (χ3n) is 0.236. The van der Waals surface area contributed by atoms with E-state index in [1.165, 1.54) is 0 Å². The molecule has 0 saturated heterocycles. The normalized spacial score (nSPS) is 12.0. The van der Waals surface area contributed by atoms with Crippen LogP contribution in [0, 0.1) is 0 Å². The molecule has 0 atom stereocenters. The molecule has 0 amide bonds. The van der Waals surface area contributed by atoms with Gasteiger partial charge in [0.2, 0.25) is 0 Å². The molecule has 0 heterocycles. The Kier molecular flexibility index (Phi) is 9.28. The summed E-state index contributed by atoms with van der Waals surface area (Å²) in [5.41, 5.74) is 0. The van der Waals surface area contributed by atoms with E-state index in [4.69, 9.17) is 0 Å². The van der Waals surface area contributed by atoms with Crippen molar-refractivity contribution in [3.63, 3.8) is 0 Å². The molecule has 0 aromatic rings.